The van der Waals surface area contributed by atoms with Gasteiger partial charge in [0.25, 0.3) is 0 Å². The van der Waals surface area contributed by atoms with Gasteiger partial charge in [-0.3, -0.25) is 4.79 Å². The van der Waals surface area contributed by atoms with Gasteiger partial charge in [-0.25, -0.2) is 0 Å². The Hall–Kier alpha value is -2.13. The molecule has 0 unspecified atom stereocenters. The summed E-state index contributed by atoms with van der Waals surface area (Å²) < 4.78 is 6.58. The van der Waals surface area contributed by atoms with E-state index in [1.54, 1.807) is 0 Å². The number of benzene rings is 2. The Morgan fingerprint density at radius 2 is 1.91 bits per heavy atom. The minimum Gasteiger partial charge on any atom is -0.345 e. The lowest BCUT2D eigenvalue weighted by Crippen LogP contribution is -2.40. The molecule has 0 N–H and O–H groups in total. The lowest BCUT2D eigenvalue weighted by Gasteiger charge is -2.34. The summed E-state index contributed by atoms with van der Waals surface area (Å²) >= 11 is 0. The van der Waals surface area contributed by atoms with Gasteiger partial charge in [-0.15, -0.1) is 0 Å². The zero-order valence-corrected chi connectivity index (χ0v) is 13.2. The van der Waals surface area contributed by atoms with Crippen LogP contribution in [-0.4, -0.2) is 16.9 Å². The molecule has 3 nitrogen and oxygen atoms in total. The predicted molar refractivity (Wildman–Crippen MR) is 86.7 cm³/mol. The van der Waals surface area contributed by atoms with Gasteiger partial charge in [-0.1, -0.05) is 54.1 Å². The molecule has 1 amide bonds. The van der Waals surface area contributed by atoms with Crippen molar-refractivity contribution in [3.05, 3.63) is 70.8 Å². The molecule has 1 aliphatic carbocycles. The third-order valence-corrected chi connectivity index (χ3v) is 5.61. The number of carbonyl (C=O) groups is 1. The largest absolute Gasteiger partial charge is 0.345 e. The van der Waals surface area contributed by atoms with Crippen LogP contribution in [0, 0.1) is 6.92 Å². The number of ether oxygens (including phenoxy) is 1. The molecule has 0 aromatic heterocycles. The van der Waals surface area contributed by atoms with Gasteiger partial charge in [-0.05, 0) is 18.1 Å². The fourth-order valence-electron chi connectivity index (χ4n) is 4.58. The van der Waals surface area contributed by atoms with E-state index in [0.29, 0.717) is 6.42 Å². The van der Waals surface area contributed by atoms with E-state index in [0.717, 1.165) is 18.4 Å². The molecule has 2 aromatic carbocycles. The van der Waals surface area contributed by atoms with Crippen molar-refractivity contribution in [1.29, 1.82) is 0 Å². The zero-order chi connectivity index (χ0) is 15.6. The first-order valence-corrected chi connectivity index (χ1v) is 8.34. The van der Waals surface area contributed by atoms with E-state index in [4.69, 9.17) is 4.74 Å². The van der Waals surface area contributed by atoms with E-state index in [-0.39, 0.29) is 18.1 Å². The fraction of sp³-hybridized carbons (Fsp3) is 0.350. The van der Waals surface area contributed by atoms with E-state index in [1.165, 1.54) is 16.7 Å². The molecule has 23 heavy (non-hydrogen) atoms. The highest BCUT2D eigenvalue weighted by atomic mass is 16.5. The zero-order valence-electron chi connectivity index (χ0n) is 13.2. The van der Waals surface area contributed by atoms with Crippen molar-refractivity contribution in [3.8, 4) is 0 Å². The first-order valence-electron chi connectivity index (χ1n) is 8.34. The van der Waals surface area contributed by atoms with Crippen LogP contribution in [-0.2, 0) is 21.7 Å². The van der Waals surface area contributed by atoms with Gasteiger partial charge < -0.3 is 9.64 Å². The molecule has 5 rings (SSSR count). The highest BCUT2D eigenvalue weighted by molar-refractivity contribution is 5.81. The number of carbonyl (C=O) groups excluding carboxylic acids is 1. The van der Waals surface area contributed by atoms with E-state index >= 15 is 0 Å². The quantitative estimate of drug-likeness (QED) is 0.807. The van der Waals surface area contributed by atoms with Crippen LogP contribution >= 0.6 is 0 Å². The van der Waals surface area contributed by atoms with Crippen molar-refractivity contribution in [2.75, 3.05) is 0 Å². The van der Waals surface area contributed by atoms with E-state index < -0.39 is 5.72 Å². The predicted octanol–water partition coefficient (Wildman–Crippen LogP) is 3.47. The van der Waals surface area contributed by atoms with Crippen molar-refractivity contribution in [3.63, 3.8) is 0 Å². The maximum Gasteiger partial charge on any atom is 0.225 e. The maximum atomic E-state index is 12.7. The van der Waals surface area contributed by atoms with Crippen LogP contribution in [0.25, 0.3) is 0 Å². The number of amides is 1. The molecule has 3 atom stereocenters. The summed E-state index contributed by atoms with van der Waals surface area (Å²) in [7, 11) is 0. The summed E-state index contributed by atoms with van der Waals surface area (Å²) in [5.74, 6) is 0.217. The third-order valence-electron chi connectivity index (χ3n) is 5.61. The van der Waals surface area contributed by atoms with Crippen LogP contribution in [0.3, 0.4) is 0 Å². The smallest absolute Gasteiger partial charge is 0.225 e. The van der Waals surface area contributed by atoms with Crippen molar-refractivity contribution >= 4 is 5.91 Å². The summed E-state index contributed by atoms with van der Waals surface area (Å²) in [6.07, 6.45) is 2.31. The minimum absolute atomic E-state index is 0.0718. The summed E-state index contributed by atoms with van der Waals surface area (Å²) in [5.41, 5.74) is 4.36. The van der Waals surface area contributed by atoms with Crippen LogP contribution in [0.15, 0.2) is 48.5 Å². The maximum absolute atomic E-state index is 12.7. The molecule has 116 valence electrons. The molecule has 2 fully saturated rings. The van der Waals surface area contributed by atoms with Gasteiger partial charge in [0.15, 0.2) is 5.72 Å². The molecule has 2 aliphatic heterocycles. The van der Waals surface area contributed by atoms with Gasteiger partial charge in [0.1, 0.15) is 0 Å². The number of rotatable bonds is 1. The lowest BCUT2D eigenvalue weighted by molar-refractivity contribution is -0.141. The molecule has 3 heteroatoms. The molecule has 2 saturated heterocycles. The SMILES string of the molecule is Cc1ccc([C@@]23CCC(=O)N2[C@H]2c4ccccc4C[C@H]2O3)cc1. The van der Waals surface area contributed by atoms with Crippen LogP contribution < -0.4 is 0 Å². The Kier molecular flexibility index (Phi) is 2.58. The van der Waals surface area contributed by atoms with Crippen molar-refractivity contribution < 1.29 is 9.53 Å². The molecule has 0 saturated carbocycles. The number of fused-ring (bicyclic) bond motifs is 5. The van der Waals surface area contributed by atoms with Crippen LogP contribution in [0.2, 0.25) is 0 Å². The fourth-order valence-corrected chi connectivity index (χ4v) is 4.58. The summed E-state index contributed by atoms with van der Waals surface area (Å²) in [6, 6.07) is 17.0. The van der Waals surface area contributed by atoms with Gasteiger partial charge in [-0.2, -0.15) is 0 Å². The summed E-state index contributed by atoms with van der Waals surface area (Å²) in [4.78, 5) is 14.7. The normalized spacial score (nSPS) is 31.2. The average molecular weight is 305 g/mol. The third kappa shape index (κ3) is 1.66. The molecule has 2 aromatic rings. The summed E-state index contributed by atoms with van der Waals surface area (Å²) in [6.45, 7) is 2.08. The first kappa shape index (κ1) is 13.3. The van der Waals surface area contributed by atoms with Gasteiger partial charge in [0.2, 0.25) is 5.91 Å². The Morgan fingerprint density at radius 3 is 2.74 bits per heavy atom. The summed E-state index contributed by atoms with van der Waals surface area (Å²) in [5, 5.41) is 0. The van der Waals surface area contributed by atoms with E-state index in [1.807, 2.05) is 4.90 Å². The van der Waals surface area contributed by atoms with Gasteiger partial charge in [0, 0.05) is 24.8 Å². The Labute approximate surface area is 135 Å². The highest BCUT2D eigenvalue weighted by Gasteiger charge is 2.61. The van der Waals surface area contributed by atoms with Crippen LogP contribution in [0.5, 0.6) is 0 Å². The molecule has 3 aliphatic rings. The van der Waals surface area contributed by atoms with E-state index in [9.17, 15) is 4.79 Å². The second kappa shape index (κ2) is 4.45. The van der Waals surface area contributed by atoms with Crippen molar-refractivity contribution in [2.45, 2.75) is 44.1 Å². The highest BCUT2D eigenvalue weighted by Crippen LogP contribution is 2.57. The molecular weight excluding hydrogens is 286 g/mol. The minimum atomic E-state index is -0.562. The second-order valence-corrected chi connectivity index (χ2v) is 6.92. The lowest BCUT2D eigenvalue weighted by atomic mass is 9.98. The molecule has 0 spiro atoms. The average Bonchev–Trinajstić information content (AvgIpc) is 3.16. The molecule has 2 heterocycles. The Morgan fingerprint density at radius 1 is 1.13 bits per heavy atom. The number of nitrogens with zero attached hydrogens (tertiary/aromatic N) is 1. The number of hydrogen-bond acceptors (Lipinski definition) is 2. The van der Waals surface area contributed by atoms with Gasteiger partial charge in [0.05, 0.1) is 12.1 Å². The second-order valence-electron chi connectivity index (χ2n) is 6.92. The van der Waals surface area contributed by atoms with Crippen LogP contribution in [0.4, 0.5) is 0 Å². The molecular formula is C20H19NO2. The Bertz CT molecular complexity index is 798. The molecule has 0 radical (unpaired) electrons. The number of aryl methyl sites for hydroxylation is 1. The van der Waals surface area contributed by atoms with Crippen molar-refractivity contribution in [1.82, 2.24) is 4.90 Å². The molecule has 0 bridgehead atoms. The van der Waals surface area contributed by atoms with Gasteiger partial charge >= 0.3 is 0 Å². The van der Waals surface area contributed by atoms with Crippen molar-refractivity contribution in [2.24, 2.45) is 0 Å². The number of hydrogen-bond donors (Lipinski definition) is 0. The van der Waals surface area contributed by atoms with E-state index in [2.05, 4.69) is 55.5 Å². The first-order chi connectivity index (χ1) is 11.2. The monoisotopic (exact) mass is 305 g/mol. The topological polar surface area (TPSA) is 29.5 Å². The Balaban J connectivity index is 1.65. The standard InChI is InChI=1S/C20H19NO2/c1-13-6-8-15(9-7-13)20-11-10-18(22)21(20)19-16-5-3-2-4-14(16)12-17(19)23-20/h2-9,17,19H,10-12H2,1H3/t17-,19+,20+/m1/s1. The van der Waals surface area contributed by atoms with Crippen LogP contribution in [0.1, 0.15) is 41.1 Å².